The fraction of sp³-hybridized carbons (Fsp3) is 0.206. The highest BCUT2D eigenvalue weighted by atomic mass is 16.4. The number of carboxylic acid groups (broad SMARTS) is 1. The monoisotopic (exact) mass is 534 g/mol. The van der Waals surface area contributed by atoms with Gasteiger partial charge in [0.05, 0.1) is 6.42 Å². The van der Waals surface area contributed by atoms with E-state index in [4.69, 9.17) is 0 Å². The molecule has 0 saturated heterocycles. The van der Waals surface area contributed by atoms with E-state index in [1.54, 1.807) is 29.2 Å². The maximum Gasteiger partial charge on any atom is 0.305 e. The first kappa shape index (κ1) is 28.3. The van der Waals surface area contributed by atoms with Gasteiger partial charge in [0.15, 0.2) is 0 Å². The minimum absolute atomic E-state index is 0.00537. The number of nitrogens with zero attached hydrogens (tertiary/aromatic N) is 1. The average molecular weight is 535 g/mol. The molecule has 6 nitrogen and oxygen atoms in total. The van der Waals surface area contributed by atoms with Crippen molar-refractivity contribution < 1.29 is 19.5 Å². The maximum atomic E-state index is 14.0. The van der Waals surface area contributed by atoms with E-state index in [-0.39, 0.29) is 30.7 Å². The number of amides is 2. The van der Waals surface area contributed by atoms with Gasteiger partial charge in [-0.3, -0.25) is 14.4 Å². The highest BCUT2D eigenvalue weighted by Crippen LogP contribution is 2.29. The van der Waals surface area contributed by atoms with Crippen molar-refractivity contribution in [3.05, 3.63) is 131 Å². The molecule has 2 N–H and O–H groups in total. The Hall–Kier alpha value is -4.71. The van der Waals surface area contributed by atoms with Crippen molar-refractivity contribution in [3.8, 4) is 11.1 Å². The molecule has 4 aromatic rings. The molecule has 0 bridgehead atoms. The first-order valence-electron chi connectivity index (χ1n) is 13.4. The molecule has 0 aromatic heterocycles. The lowest BCUT2D eigenvalue weighted by molar-refractivity contribution is -0.137. The van der Waals surface area contributed by atoms with Crippen LogP contribution in [0.1, 0.15) is 56.7 Å². The molecule has 204 valence electrons. The van der Waals surface area contributed by atoms with Crippen LogP contribution in [0.5, 0.6) is 0 Å². The van der Waals surface area contributed by atoms with Gasteiger partial charge in [-0.25, -0.2) is 0 Å². The Morgan fingerprint density at radius 1 is 0.800 bits per heavy atom. The molecule has 0 radical (unpaired) electrons. The van der Waals surface area contributed by atoms with Crippen molar-refractivity contribution in [1.82, 2.24) is 10.2 Å². The van der Waals surface area contributed by atoms with E-state index in [0.29, 0.717) is 35.3 Å². The molecule has 0 aliphatic carbocycles. The molecule has 40 heavy (non-hydrogen) atoms. The average Bonchev–Trinajstić information content (AvgIpc) is 2.98. The maximum absolute atomic E-state index is 14.0. The van der Waals surface area contributed by atoms with Crippen LogP contribution in [0.15, 0.2) is 103 Å². The Morgan fingerprint density at radius 2 is 1.43 bits per heavy atom. The van der Waals surface area contributed by atoms with Crippen molar-refractivity contribution in [2.24, 2.45) is 0 Å². The van der Waals surface area contributed by atoms with E-state index in [0.717, 1.165) is 16.7 Å². The van der Waals surface area contributed by atoms with Crippen molar-refractivity contribution in [2.75, 3.05) is 13.1 Å². The molecule has 1 atom stereocenters. The fourth-order valence-corrected chi connectivity index (χ4v) is 4.81. The van der Waals surface area contributed by atoms with Crippen LogP contribution < -0.4 is 5.32 Å². The number of nitrogens with one attached hydrogen (secondary N) is 1. The molecular weight excluding hydrogens is 500 g/mol. The van der Waals surface area contributed by atoms with E-state index in [9.17, 15) is 19.5 Å². The third-order valence-electron chi connectivity index (χ3n) is 6.90. The molecule has 0 spiro atoms. The standard InChI is InChI=1S/C34H34N2O4/c1-24-11-10-12-26(21-24)22-35-33(39)30-17-8-6-15-28(30)29-16-7-9-18-31(29)34(40)36(20-19-32(37)38)23-25(2)27-13-4-3-5-14-27/h3-18,21,25H,19-20,22-23H2,1-2H3,(H,35,39)(H,37,38). The first-order chi connectivity index (χ1) is 19.3. The van der Waals surface area contributed by atoms with Crippen LogP contribution in [0.3, 0.4) is 0 Å². The van der Waals surface area contributed by atoms with Crippen molar-refractivity contribution in [3.63, 3.8) is 0 Å². The quantitative estimate of drug-likeness (QED) is 0.236. The minimum atomic E-state index is -0.964. The number of aryl methyl sites for hydroxylation is 1. The first-order valence-corrected chi connectivity index (χ1v) is 13.4. The van der Waals surface area contributed by atoms with Crippen molar-refractivity contribution >= 4 is 17.8 Å². The van der Waals surface area contributed by atoms with Gasteiger partial charge in [0.2, 0.25) is 0 Å². The van der Waals surface area contributed by atoms with E-state index < -0.39 is 5.97 Å². The molecule has 1 unspecified atom stereocenters. The lowest BCUT2D eigenvalue weighted by Gasteiger charge is -2.27. The number of benzene rings is 4. The van der Waals surface area contributed by atoms with Crippen LogP contribution >= 0.6 is 0 Å². The van der Waals surface area contributed by atoms with E-state index in [2.05, 4.69) is 5.32 Å². The molecular formula is C34H34N2O4. The van der Waals surface area contributed by atoms with Gasteiger partial charge >= 0.3 is 5.97 Å². The molecule has 0 heterocycles. The number of aliphatic carboxylic acids is 1. The second-order valence-corrected chi connectivity index (χ2v) is 9.97. The summed E-state index contributed by atoms with van der Waals surface area (Å²) in [5.74, 6) is -1.46. The lowest BCUT2D eigenvalue weighted by atomic mass is 9.93. The summed E-state index contributed by atoms with van der Waals surface area (Å²) in [6, 6.07) is 32.2. The summed E-state index contributed by atoms with van der Waals surface area (Å²) < 4.78 is 0. The molecule has 0 fully saturated rings. The molecule has 4 aromatic carbocycles. The summed E-state index contributed by atoms with van der Waals surface area (Å²) >= 11 is 0. The van der Waals surface area contributed by atoms with Crippen LogP contribution in [0.2, 0.25) is 0 Å². The Balaban J connectivity index is 1.63. The van der Waals surface area contributed by atoms with Crippen LogP contribution in [0, 0.1) is 6.92 Å². The van der Waals surface area contributed by atoms with Crippen molar-refractivity contribution in [2.45, 2.75) is 32.7 Å². The Bertz CT molecular complexity index is 1480. The normalized spacial score (nSPS) is 11.4. The van der Waals surface area contributed by atoms with Gasteiger partial charge in [0, 0.05) is 30.8 Å². The molecule has 0 aliphatic heterocycles. The summed E-state index contributed by atoms with van der Waals surface area (Å²) in [5, 5.41) is 12.4. The fourth-order valence-electron chi connectivity index (χ4n) is 4.81. The van der Waals surface area contributed by atoms with Gasteiger partial charge in [-0.2, -0.15) is 0 Å². The van der Waals surface area contributed by atoms with Crippen LogP contribution in [0.4, 0.5) is 0 Å². The Morgan fingerprint density at radius 3 is 2.10 bits per heavy atom. The van der Waals surface area contributed by atoms with Crippen LogP contribution in [0.25, 0.3) is 11.1 Å². The zero-order valence-electron chi connectivity index (χ0n) is 22.8. The lowest BCUT2D eigenvalue weighted by Crippen LogP contribution is -2.36. The highest BCUT2D eigenvalue weighted by Gasteiger charge is 2.24. The largest absolute Gasteiger partial charge is 0.481 e. The highest BCUT2D eigenvalue weighted by molar-refractivity contribution is 6.06. The predicted octanol–water partition coefficient (Wildman–Crippen LogP) is 6.31. The topological polar surface area (TPSA) is 86.7 Å². The molecule has 6 heteroatoms. The van der Waals surface area contributed by atoms with Gasteiger partial charge in [-0.15, -0.1) is 0 Å². The van der Waals surface area contributed by atoms with Crippen LogP contribution in [-0.2, 0) is 11.3 Å². The summed E-state index contributed by atoms with van der Waals surface area (Å²) in [4.78, 5) is 40.3. The third-order valence-corrected chi connectivity index (χ3v) is 6.90. The second-order valence-electron chi connectivity index (χ2n) is 9.97. The SMILES string of the molecule is Cc1cccc(CNC(=O)c2ccccc2-c2ccccc2C(=O)N(CCC(=O)O)CC(C)c2ccccc2)c1. The van der Waals surface area contributed by atoms with Gasteiger partial charge in [-0.1, -0.05) is 103 Å². The van der Waals surface area contributed by atoms with Crippen molar-refractivity contribution in [1.29, 1.82) is 0 Å². The number of hydrogen-bond acceptors (Lipinski definition) is 3. The smallest absolute Gasteiger partial charge is 0.305 e. The molecule has 4 rings (SSSR count). The minimum Gasteiger partial charge on any atom is -0.481 e. The van der Waals surface area contributed by atoms with Gasteiger partial charge in [0.1, 0.15) is 0 Å². The molecule has 0 aliphatic rings. The molecule has 0 saturated carbocycles. The zero-order chi connectivity index (χ0) is 28.5. The second kappa shape index (κ2) is 13.4. The third kappa shape index (κ3) is 7.23. The Labute approximate surface area is 235 Å². The number of hydrogen-bond donors (Lipinski definition) is 2. The number of carbonyl (C=O) groups is 3. The summed E-state index contributed by atoms with van der Waals surface area (Å²) in [6.45, 7) is 4.86. The number of rotatable bonds is 11. The van der Waals surface area contributed by atoms with Gasteiger partial charge < -0.3 is 15.3 Å². The van der Waals surface area contributed by atoms with E-state index in [1.807, 2.05) is 92.7 Å². The summed E-state index contributed by atoms with van der Waals surface area (Å²) in [5.41, 5.74) is 5.34. The number of carboxylic acids is 1. The van der Waals surface area contributed by atoms with Gasteiger partial charge in [-0.05, 0) is 47.2 Å². The molecule has 2 amide bonds. The number of carbonyl (C=O) groups excluding carboxylic acids is 2. The Kier molecular flexibility index (Phi) is 9.47. The van der Waals surface area contributed by atoms with Gasteiger partial charge in [0.25, 0.3) is 11.8 Å². The summed E-state index contributed by atoms with van der Waals surface area (Å²) in [6.07, 6.45) is -0.159. The van der Waals surface area contributed by atoms with Crippen LogP contribution in [-0.4, -0.2) is 40.9 Å². The summed E-state index contributed by atoms with van der Waals surface area (Å²) in [7, 11) is 0. The predicted molar refractivity (Wildman–Crippen MR) is 157 cm³/mol. The van der Waals surface area contributed by atoms with E-state index in [1.165, 1.54) is 0 Å². The zero-order valence-corrected chi connectivity index (χ0v) is 22.8. The van der Waals surface area contributed by atoms with E-state index >= 15 is 0 Å².